The number of nitrogens with zero attached hydrogens (tertiary/aromatic N) is 2. The third kappa shape index (κ3) is 2.38. The lowest BCUT2D eigenvalue weighted by Crippen LogP contribution is -2.09. The smallest absolute Gasteiger partial charge is 0.249 e. The Hall–Kier alpha value is -2.10. The highest BCUT2D eigenvalue weighted by molar-refractivity contribution is 5.93. The summed E-state index contributed by atoms with van der Waals surface area (Å²) >= 11 is 0. The first-order valence-corrected chi connectivity index (χ1v) is 6.42. The van der Waals surface area contributed by atoms with Crippen molar-refractivity contribution in [2.24, 2.45) is 5.41 Å². The molecule has 4 heteroatoms. The zero-order valence-corrected chi connectivity index (χ0v) is 11.4. The molecule has 0 radical (unpaired) electrons. The minimum atomic E-state index is 0.143. The van der Waals surface area contributed by atoms with Gasteiger partial charge in [-0.05, 0) is 11.5 Å². The molecule has 0 amide bonds. The van der Waals surface area contributed by atoms with Crippen molar-refractivity contribution in [1.29, 1.82) is 0 Å². The summed E-state index contributed by atoms with van der Waals surface area (Å²) in [6, 6.07) is 8.09. The Morgan fingerprint density at radius 1 is 1.16 bits per heavy atom. The number of aromatic amines is 1. The molecule has 0 fully saturated rings. The van der Waals surface area contributed by atoms with Crippen LogP contribution in [0.5, 0.6) is 0 Å². The van der Waals surface area contributed by atoms with E-state index < -0.39 is 0 Å². The number of H-pyrrole nitrogens is 1. The first kappa shape index (κ1) is 12.0. The van der Waals surface area contributed by atoms with Crippen molar-refractivity contribution in [2.75, 3.05) is 0 Å². The van der Waals surface area contributed by atoms with E-state index in [1.807, 2.05) is 24.4 Å². The fourth-order valence-corrected chi connectivity index (χ4v) is 2.14. The van der Waals surface area contributed by atoms with Crippen LogP contribution in [0.4, 0.5) is 0 Å². The number of para-hydroxylation sites is 1. The molecule has 1 N–H and O–H groups in total. The quantitative estimate of drug-likeness (QED) is 0.757. The number of rotatable bonds is 2. The average Bonchev–Trinajstić information content (AvgIpc) is 2.92. The molecular formula is C15H17N3O. The van der Waals surface area contributed by atoms with Crippen molar-refractivity contribution >= 4 is 10.9 Å². The minimum Gasteiger partial charge on any atom is -0.421 e. The van der Waals surface area contributed by atoms with E-state index in [0.717, 1.165) is 22.9 Å². The maximum absolute atomic E-state index is 5.77. The van der Waals surface area contributed by atoms with Gasteiger partial charge < -0.3 is 9.40 Å². The lowest BCUT2D eigenvalue weighted by atomic mass is 9.92. The first-order chi connectivity index (χ1) is 9.03. The number of nitrogens with one attached hydrogen (secondary N) is 1. The van der Waals surface area contributed by atoms with Crippen molar-refractivity contribution in [1.82, 2.24) is 15.2 Å². The Bertz CT molecular complexity index is 703. The first-order valence-electron chi connectivity index (χ1n) is 6.42. The predicted octanol–water partition coefficient (Wildman–Crippen LogP) is 3.81. The van der Waals surface area contributed by atoms with Gasteiger partial charge in [-0.2, -0.15) is 0 Å². The van der Waals surface area contributed by atoms with Crippen LogP contribution in [0.2, 0.25) is 0 Å². The van der Waals surface area contributed by atoms with Gasteiger partial charge in [0, 0.05) is 23.5 Å². The zero-order chi connectivity index (χ0) is 13.5. The molecule has 0 aliphatic carbocycles. The van der Waals surface area contributed by atoms with Crippen molar-refractivity contribution in [3.8, 4) is 11.5 Å². The second-order valence-electron chi connectivity index (χ2n) is 5.99. The van der Waals surface area contributed by atoms with E-state index in [9.17, 15) is 0 Å². The van der Waals surface area contributed by atoms with Gasteiger partial charge in [-0.25, -0.2) is 0 Å². The van der Waals surface area contributed by atoms with Gasteiger partial charge in [0.05, 0.1) is 5.56 Å². The van der Waals surface area contributed by atoms with E-state index >= 15 is 0 Å². The summed E-state index contributed by atoms with van der Waals surface area (Å²) in [6.07, 6.45) is 2.70. The van der Waals surface area contributed by atoms with Gasteiger partial charge in [0.15, 0.2) is 0 Å². The van der Waals surface area contributed by atoms with Crippen molar-refractivity contribution in [3.63, 3.8) is 0 Å². The highest BCUT2D eigenvalue weighted by atomic mass is 16.4. The van der Waals surface area contributed by atoms with Crippen molar-refractivity contribution in [2.45, 2.75) is 27.2 Å². The van der Waals surface area contributed by atoms with Gasteiger partial charge in [-0.1, -0.05) is 39.0 Å². The number of benzene rings is 1. The maximum Gasteiger partial charge on any atom is 0.249 e. The average molecular weight is 255 g/mol. The maximum atomic E-state index is 5.77. The van der Waals surface area contributed by atoms with E-state index in [1.54, 1.807) is 0 Å². The Labute approximate surface area is 111 Å². The molecule has 0 unspecified atom stereocenters. The molecule has 0 spiro atoms. The molecule has 0 atom stereocenters. The molecule has 19 heavy (non-hydrogen) atoms. The van der Waals surface area contributed by atoms with Gasteiger partial charge in [0.25, 0.3) is 0 Å². The largest absolute Gasteiger partial charge is 0.421 e. The Balaban J connectivity index is 1.99. The molecule has 2 aromatic heterocycles. The summed E-state index contributed by atoms with van der Waals surface area (Å²) in [5, 5.41) is 9.40. The van der Waals surface area contributed by atoms with Crippen LogP contribution in [-0.4, -0.2) is 15.2 Å². The van der Waals surface area contributed by atoms with Crippen LogP contribution in [0, 0.1) is 5.41 Å². The molecule has 0 bridgehead atoms. The van der Waals surface area contributed by atoms with Crippen LogP contribution in [0.3, 0.4) is 0 Å². The normalized spacial score (nSPS) is 12.2. The fraction of sp³-hybridized carbons (Fsp3) is 0.333. The molecule has 0 saturated heterocycles. The van der Waals surface area contributed by atoms with Crippen molar-refractivity contribution in [3.05, 3.63) is 36.4 Å². The molecular weight excluding hydrogens is 238 g/mol. The van der Waals surface area contributed by atoms with Gasteiger partial charge in [-0.3, -0.25) is 0 Å². The van der Waals surface area contributed by atoms with Gasteiger partial charge >= 0.3 is 0 Å². The van der Waals surface area contributed by atoms with Crippen LogP contribution in [-0.2, 0) is 6.42 Å². The summed E-state index contributed by atoms with van der Waals surface area (Å²) in [7, 11) is 0. The number of hydrogen-bond acceptors (Lipinski definition) is 3. The molecule has 3 aromatic rings. The van der Waals surface area contributed by atoms with Crippen molar-refractivity contribution < 1.29 is 4.42 Å². The van der Waals surface area contributed by atoms with E-state index in [4.69, 9.17) is 4.42 Å². The van der Waals surface area contributed by atoms with E-state index in [0.29, 0.717) is 11.8 Å². The second kappa shape index (κ2) is 4.23. The second-order valence-corrected chi connectivity index (χ2v) is 5.99. The Morgan fingerprint density at radius 2 is 1.95 bits per heavy atom. The standard InChI is InChI=1S/C15H17N3O/c1-15(2,3)8-13-17-18-14(19-13)11-9-16-12-7-5-4-6-10(11)12/h4-7,9,16H,8H2,1-3H3. The lowest BCUT2D eigenvalue weighted by Gasteiger charge is -2.14. The highest BCUT2D eigenvalue weighted by Gasteiger charge is 2.18. The number of hydrogen-bond donors (Lipinski definition) is 1. The van der Waals surface area contributed by atoms with Crippen LogP contribution in [0.15, 0.2) is 34.9 Å². The molecule has 98 valence electrons. The molecule has 0 aliphatic rings. The van der Waals surface area contributed by atoms with Crippen LogP contribution in [0.1, 0.15) is 26.7 Å². The van der Waals surface area contributed by atoms with Crippen LogP contribution >= 0.6 is 0 Å². The van der Waals surface area contributed by atoms with Gasteiger partial charge in [-0.15, -0.1) is 10.2 Å². The SMILES string of the molecule is CC(C)(C)Cc1nnc(-c2c[nH]c3ccccc23)o1. The van der Waals surface area contributed by atoms with Crippen LogP contribution in [0.25, 0.3) is 22.4 Å². The minimum absolute atomic E-state index is 0.143. The Morgan fingerprint density at radius 3 is 2.74 bits per heavy atom. The number of aromatic nitrogens is 3. The summed E-state index contributed by atoms with van der Waals surface area (Å²) in [6.45, 7) is 6.47. The summed E-state index contributed by atoms with van der Waals surface area (Å²) in [5.41, 5.74) is 2.18. The van der Waals surface area contributed by atoms with Crippen LogP contribution < -0.4 is 0 Å². The topological polar surface area (TPSA) is 54.7 Å². The number of fused-ring (bicyclic) bond motifs is 1. The van der Waals surface area contributed by atoms with E-state index in [-0.39, 0.29) is 5.41 Å². The Kier molecular flexibility index (Phi) is 2.66. The highest BCUT2D eigenvalue weighted by Crippen LogP contribution is 2.28. The van der Waals surface area contributed by atoms with E-state index in [2.05, 4.69) is 42.0 Å². The molecule has 1 aromatic carbocycles. The fourth-order valence-electron chi connectivity index (χ4n) is 2.14. The third-order valence-corrected chi connectivity index (χ3v) is 2.97. The monoisotopic (exact) mass is 255 g/mol. The zero-order valence-electron chi connectivity index (χ0n) is 11.4. The van der Waals surface area contributed by atoms with Gasteiger partial charge in [0.1, 0.15) is 0 Å². The molecule has 0 aliphatic heterocycles. The summed E-state index contributed by atoms with van der Waals surface area (Å²) < 4.78 is 5.77. The third-order valence-electron chi connectivity index (χ3n) is 2.97. The van der Waals surface area contributed by atoms with Gasteiger partial charge in [0.2, 0.25) is 11.8 Å². The summed E-state index contributed by atoms with van der Waals surface area (Å²) in [5.74, 6) is 1.27. The predicted molar refractivity (Wildman–Crippen MR) is 74.7 cm³/mol. The molecule has 3 rings (SSSR count). The molecule has 2 heterocycles. The van der Waals surface area contributed by atoms with E-state index in [1.165, 1.54) is 0 Å². The summed E-state index contributed by atoms with van der Waals surface area (Å²) in [4.78, 5) is 3.22. The lowest BCUT2D eigenvalue weighted by molar-refractivity contribution is 0.357. The molecule has 4 nitrogen and oxygen atoms in total. The molecule has 0 saturated carbocycles.